The van der Waals surface area contributed by atoms with Gasteiger partial charge in [0.05, 0.1) is 51.3 Å². The molecular formula is C58H88N4O20. The Hall–Kier alpha value is -7.40. The normalized spacial score (nSPS) is 21.3. The highest BCUT2D eigenvalue weighted by atomic mass is 16.5. The van der Waals surface area contributed by atoms with E-state index in [0.717, 1.165) is 138 Å². The molecule has 0 radical (unpaired) electrons. The van der Waals surface area contributed by atoms with Gasteiger partial charge in [-0.1, -0.05) is 38.5 Å². The van der Waals surface area contributed by atoms with Gasteiger partial charge in [0, 0.05) is 25.7 Å². The first-order valence-corrected chi connectivity index (χ1v) is 28.1. The Morgan fingerprint density at radius 1 is 0.280 bits per heavy atom. The Kier molecular flexibility index (Phi) is 38.4. The van der Waals surface area contributed by atoms with Crippen LogP contribution in [0.15, 0.2) is 65.3 Å². The van der Waals surface area contributed by atoms with E-state index in [1.807, 2.05) is 0 Å². The second-order valence-electron chi connectivity index (χ2n) is 19.7. The molecule has 0 unspecified atom stereocenters. The van der Waals surface area contributed by atoms with Gasteiger partial charge >= 0.3 is 47.8 Å². The largest absolute Gasteiger partial charge is 0.495 e. The molecule has 0 bridgehead atoms. The van der Waals surface area contributed by atoms with Crippen LogP contribution in [0.2, 0.25) is 0 Å². The van der Waals surface area contributed by atoms with Crippen molar-refractivity contribution in [1.29, 1.82) is 0 Å². The zero-order valence-corrected chi connectivity index (χ0v) is 48.3. The van der Waals surface area contributed by atoms with Crippen LogP contribution in [0.25, 0.3) is 0 Å². The topological polar surface area (TPSA) is 385 Å². The summed E-state index contributed by atoms with van der Waals surface area (Å²) in [6.45, 7) is -1.13. The molecule has 8 N–H and O–H groups in total. The van der Waals surface area contributed by atoms with Gasteiger partial charge in [0.15, 0.2) is 0 Å². The minimum atomic E-state index is -0.987. The zero-order chi connectivity index (χ0) is 61.2. The van der Waals surface area contributed by atoms with Crippen LogP contribution in [0, 0.1) is 0 Å². The number of carboxylic acids is 8. The Bertz CT molecular complexity index is 2380. The third-order valence-electron chi connectivity index (χ3n) is 13.4. The van der Waals surface area contributed by atoms with Gasteiger partial charge < -0.3 is 59.8 Å². The molecule has 0 fully saturated rings. The molecule has 460 valence electrons. The van der Waals surface area contributed by atoms with Gasteiger partial charge in [-0.2, -0.15) is 0 Å². The van der Waals surface area contributed by atoms with Gasteiger partial charge in [-0.3, -0.25) is 58.3 Å². The van der Waals surface area contributed by atoms with Crippen LogP contribution in [0.4, 0.5) is 0 Å². The molecule has 24 nitrogen and oxygen atoms in total. The van der Waals surface area contributed by atoms with Gasteiger partial charge in [0.2, 0.25) is 0 Å². The fourth-order valence-electron chi connectivity index (χ4n) is 9.60. The minimum absolute atomic E-state index is 0.0500. The number of nitrogens with zero attached hydrogens (tertiary/aromatic N) is 4. The van der Waals surface area contributed by atoms with E-state index in [2.05, 4.69) is 20.0 Å². The lowest BCUT2D eigenvalue weighted by Crippen LogP contribution is -2.14. The smallest absolute Gasteiger partial charge is 0.325 e. The van der Waals surface area contributed by atoms with E-state index in [1.165, 1.54) is 28.4 Å². The van der Waals surface area contributed by atoms with E-state index in [-0.39, 0.29) is 51.9 Å². The van der Waals surface area contributed by atoms with Crippen molar-refractivity contribution in [2.45, 2.75) is 193 Å². The van der Waals surface area contributed by atoms with Crippen molar-refractivity contribution in [1.82, 2.24) is 0 Å². The number of carboxylic acid groups (broad SMARTS) is 8. The summed E-state index contributed by atoms with van der Waals surface area (Å²) in [7, 11) is 6.11. The molecule has 0 amide bonds. The highest BCUT2D eigenvalue weighted by molar-refractivity contribution is 6.02. The van der Waals surface area contributed by atoms with Crippen molar-refractivity contribution in [2.75, 3.05) is 54.6 Å². The molecule has 4 aliphatic carbocycles. The molecule has 0 atom stereocenters. The van der Waals surface area contributed by atoms with E-state index < -0.39 is 47.8 Å². The lowest BCUT2D eigenvalue weighted by molar-refractivity contribution is -0.138. The minimum Gasteiger partial charge on any atom is -0.495 e. The predicted molar refractivity (Wildman–Crippen MR) is 305 cm³/mol. The van der Waals surface area contributed by atoms with Crippen LogP contribution in [0.3, 0.4) is 0 Å². The number of aliphatic imine (C=N–C) groups is 4. The monoisotopic (exact) mass is 1160 g/mol. The van der Waals surface area contributed by atoms with E-state index >= 15 is 0 Å². The Labute approximate surface area is 479 Å². The molecule has 4 rings (SSSR count). The van der Waals surface area contributed by atoms with Crippen molar-refractivity contribution in [3.05, 3.63) is 45.3 Å². The third-order valence-corrected chi connectivity index (χ3v) is 13.4. The first-order valence-electron chi connectivity index (χ1n) is 28.1. The first kappa shape index (κ1) is 72.6. The van der Waals surface area contributed by atoms with Crippen LogP contribution in [0.1, 0.15) is 193 Å². The van der Waals surface area contributed by atoms with Gasteiger partial charge in [-0.15, -0.1) is 0 Å². The zero-order valence-electron chi connectivity index (χ0n) is 48.3. The number of rotatable bonds is 24. The van der Waals surface area contributed by atoms with Crippen molar-refractivity contribution in [3.63, 3.8) is 0 Å². The molecule has 0 spiro atoms. The molecule has 0 aliphatic heterocycles. The number of ether oxygens (including phenoxy) is 4. The van der Waals surface area contributed by atoms with E-state index in [4.69, 9.17) is 59.8 Å². The second-order valence-corrected chi connectivity index (χ2v) is 19.7. The average molecular weight is 1160 g/mol. The summed E-state index contributed by atoms with van der Waals surface area (Å²) in [5.74, 6) is -4.95. The van der Waals surface area contributed by atoms with E-state index in [9.17, 15) is 38.4 Å². The maximum absolute atomic E-state index is 10.8. The van der Waals surface area contributed by atoms with Crippen molar-refractivity contribution in [2.24, 2.45) is 20.0 Å². The molecule has 82 heavy (non-hydrogen) atoms. The SMILES string of the molecule is CO/C1=C(\CCC(=O)O)CCCCCC1=NCC(=O)O.CO/C1=C(\CCC(=O)O)CCCCCCC1=NCC(=O)O.CO/C1=C(\CCC(=O)O)CCCCCCCC1=NCC(=O)O.COC1=C(CCC(=O)O)CCCCC1=NCC(=O)O. The second kappa shape index (κ2) is 43.3. The summed E-state index contributed by atoms with van der Waals surface area (Å²) in [5.41, 5.74) is 6.33. The fraction of sp³-hybridized carbons (Fsp3) is 0.655. The van der Waals surface area contributed by atoms with Crippen molar-refractivity contribution >= 4 is 70.6 Å². The maximum atomic E-state index is 10.8. The quantitative estimate of drug-likeness (QED) is 0.0445. The number of hydrogen-bond donors (Lipinski definition) is 8. The van der Waals surface area contributed by atoms with Crippen LogP contribution in [0.5, 0.6) is 0 Å². The summed E-state index contributed by atoms with van der Waals surface area (Å²) in [6, 6.07) is 0. The lowest BCUT2D eigenvalue weighted by Gasteiger charge is -2.19. The number of methoxy groups -OCH3 is 4. The molecular weight excluding hydrogens is 1070 g/mol. The molecule has 0 heterocycles. The number of aliphatic carboxylic acids is 8. The predicted octanol–water partition coefficient (Wildman–Crippen LogP) is 9.75. The Morgan fingerprint density at radius 3 is 0.646 bits per heavy atom. The van der Waals surface area contributed by atoms with E-state index in [0.29, 0.717) is 97.2 Å². The van der Waals surface area contributed by atoms with Gasteiger partial charge in [-0.25, -0.2) is 0 Å². The van der Waals surface area contributed by atoms with Crippen molar-refractivity contribution in [3.8, 4) is 0 Å². The highest BCUT2D eigenvalue weighted by Crippen LogP contribution is 2.29. The van der Waals surface area contributed by atoms with Gasteiger partial charge in [-0.05, 0) is 151 Å². The molecule has 24 heteroatoms. The van der Waals surface area contributed by atoms with Crippen molar-refractivity contribution < 1.29 is 98.2 Å². The van der Waals surface area contributed by atoms with E-state index in [1.54, 1.807) is 0 Å². The fourth-order valence-corrected chi connectivity index (χ4v) is 9.60. The average Bonchev–Trinajstić information content (AvgIpc) is 3.59. The van der Waals surface area contributed by atoms with Crippen LogP contribution >= 0.6 is 0 Å². The number of allylic oxidation sites excluding steroid dienone is 8. The van der Waals surface area contributed by atoms with Gasteiger partial charge in [0.25, 0.3) is 0 Å². The van der Waals surface area contributed by atoms with Gasteiger partial charge in [0.1, 0.15) is 49.2 Å². The Morgan fingerprint density at radius 2 is 0.451 bits per heavy atom. The molecule has 0 aromatic rings. The van der Waals surface area contributed by atoms with Crippen LogP contribution in [-0.2, 0) is 57.3 Å². The third kappa shape index (κ3) is 32.8. The summed E-state index contributed by atoms with van der Waals surface area (Å²) < 4.78 is 21.6. The molecule has 4 aliphatic rings. The highest BCUT2D eigenvalue weighted by Gasteiger charge is 2.22. The Balaban J connectivity index is 0.000000547. The first-order chi connectivity index (χ1) is 39.2. The van der Waals surface area contributed by atoms with Crippen LogP contribution in [-0.4, -0.2) is 166 Å². The number of carbonyl (C=O) groups is 8. The molecule has 0 aromatic heterocycles. The summed E-state index contributed by atoms with van der Waals surface area (Å²) >= 11 is 0. The summed E-state index contributed by atoms with van der Waals surface area (Å²) in [4.78, 5) is 102. The lowest BCUT2D eigenvalue weighted by atomic mass is 9.94. The van der Waals surface area contributed by atoms with Crippen LogP contribution < -0.4 is 0 Å². The standard InChI is InChI=1S/C16H25NO5.C15H23NO5.C14H21NO5.C13H19NO5/c1-22-16-12(9-10-14(18)19)7-5-3-2-4-6-8-13(16)17-11-15(20)21;1-21-15-11(8-9-13(17)18)6-4-2-3-5-7-12(15)16-10-14(19)20;1-20-14-10(7-8-12(16)17)5-3-2-4-6-11(14)15-9-13(18)19;1-19-13-9(6-7-11(15)16)4-2-3-5-10(13)14-8-12(17)18/h2-11H2,1H3,(H,18,19)(H,20,21);2-10H2,1H3,(H,17,18)(H,19,20);2-9H2,1H3,(H,16,17)(H,18,19);2-8H2,1H3,(H,15,16)(H,17,18)/b16-12-,17-13?;15-11-,16-12?;14-10-,15-11?;. The summed E-state index contributed by atoms with van der Waals surface area (Å²) in [5, 5.41) is 70.3. The maximum Gasteiger partial charge on any atom is 0.325 e. The number of hydrogen-bond acceptors (Lipinski definition) is 16. The molecule has 0 saturated carbocycles. The molecule has 0 aromatic carbocycles. The molecule has 0 saturated heterocycles. The summed E-state index contributed by atoms with van der Waals surface area (Å²) in [6.07, 6.45) is 21.9.